The van der Waals surface area contributed by atoms with Crippen LogP contribution in [0, 0.1) is 0 Å². The van der Waals surface area contributed by atoms with E-state index >= 15 is 0 Å². The Morgan fingerprint density at radius 1 is 1.67 bits per heavy atom. The molecule has 2 heterocycles. The smallest absolute Gasteiger partial charge is 0.254 e. The van der Waals surface area contributed by atoms with Gasteiger partial charge in [-0.25, -0.2) is 4.98 Å². The van der Waals surface area contributed by atoms with Gasteiger partial charge in [0.1, 0.15) is 5.15 Å². The summed E-state index contributed by atoms with van der Waals surface area (Å²) in [6, 6.07) is 3.34. The Labute approximate surface area is 93.0 Å². The number of nitrogens with zero attached hydrogens (tertiary/aromatic N) is 2. The van der Waals surface area contributed by atoms with Crippen LogP contribution < -0.4 is 5.73 Å². The molecule has 0 saturated carbocycles. The van der Waals surface area contributed by atoms with Gasteiger partial charge in [-0.1, -0.05) is 11.6 Å². The number of hydrogen-bond acceptors (Lipinski definition) is 3. The third-order valence-corrected chi connectivity index (χ3v) is 2.69. The zero-order chi connectivity index (χ0) is 10.8. The van der Waals surface area contributed by atoms with E-state index in [2.05, 4.69) is 4.98 Å². The van der Waals surface area contributed by atoms with Gasteiger partial charge in [0.25, 0.3) is 5.91 Å². The van der Waals surface area contributed by atoms with Crippen LogP contribution in [0.5, 0.6) is 0 Å². The lowest BCUT2D eigenvalue weighted by Gasteiger charge is -2.15. The summed E-state index contributed by atoms with van der Waals surface area (Å²) in [6.45, 7) is 1.35. The second-order valence-corrected chi connectivity index (χ2v) is 4.05. The predicted molar refractivity (Wildman–Crippen MR) is 57.7 cm³/mol. The molecule has 1 aromatic rings. The minimum Gasteiger partial charge on any atom is -0.337 e. The molecule has 80 valence electrons. The first-order valence-corrected chi connectivity index (χ1v) is 5.21. The Morgan fingerprint density at radius 3 is 3.07 bits per heavy atom. The van der Waals surface area contributed by atoms with Gasteiger partial charge in [0.15, 0.2) is 0 Å². The fourth-order valence-corrected chi connectivity index (χ4v) is 1.86. The van der Waals surface area contributed by atoms with Crippen molar-refractivity contribution in [2.75, 3.05) is 13.1 Å². The summed E-state index contributed by atoms with van der Waals surface area (Å²) in [5, 5.41) is 0.337. The number of pyridine rings is 1. The molecular weight excluding hydrogens is 214 g/mol. The van der Waals surface area contributed by atoms with E-state index in [0.717, 1.165) is 13.0 Å². The van der Waals surface area contributed by atoms with Gasteiger partial charge in [0.05, 0.1) is 0 Å². The largest absolute Gasteiger partial charge is 0.337 e. The number of rotatable bonds is 1. The van der Waals surface area contributed by atoms with Gasteiger partial charge in [-0.05, 0) is 18.6 Å². The van der Waals surface area contributed by atoms with Crippen molar-refractivity contribution < 1.29 is 4.79 Å². The Morgan fingerprint density at radius 2 is 2.47 bits per heavy atom. The summed E-state index contributed by atoms with van der Waals surface area (Å²) >= 11 is 5.72. The molecule has 1 aromatic heterocycles. The van der Waals surface area contributed by atoms with Crippen LogP contribution in [0.1, 0.15) is 16.8 Å². The summed E-state index contributed by atoms with van der Waals surface area (Å²) in [5.41, 5.74) is 6.31. The number of halogens is 1. The normalized spacial score (nSPS) is 20.7. The van der Waals surface area contributed by atoms with Gasteiger partial charge in [-0.15, -0.1) is 0 Å². The minimum absolute atomic E-state index is 0.0211. The van der Waals surface area contributed by atoms with E-state index < -0.39 is 0 Å². The molecule has 5 heteroatoms. The molecule has 1 fully saturated rings. The highest BCUT2D eigenvalue weighted by Crippen LogP contribution is 2.14. The maximum atomic E-state index is 11.9. The first kappa shape index (κ1) is 10.4. The molecule has 1 atom stereocenters. The van der Waals surface area contributed by atoms with Gasteiger partial charge in [-0.2, -0.15) is 0 Å². The molecule has 1 aliphatic rings. The Kier molecular flexibility index (Phi) is 2.88. The zero-order valence-electron chi connectivity index (χ0n) is 8.19. The first-order chi connectivity index (χ1) is 7.16. The van der Waals surface area contributed by atoms with Crippen LogP contribution >= 0.6 is 11.6 Å². The molecule has 2 N–H and O–H groups in total. The molecule has 2 rings (SSSR count). The molecule has 1 aliphatic heterocycles. The van der Waals surface area contributed by atoms with E-state index in [9.17, 15) is 4.79 Å². The van der Waals surface area contributed by atoms with Crippen molar-refractivity contribution in [3.63, 3.8) is 0 Å². The molecule has 0 aliphatic carbocycles. The van der Waals surface area contributed by atoms with Gasteiger partial charge >= 0.3 is 0 Å². The lowest BCUT2D eigenvalue weighted by Crippen LogP contribution is -2.31. The Hall–Kier alpha value is -1.13. The highest BCUT2D eigenvalue weighted by atomic mass is 35.5. The molecule has 0 bridgehead atoms. The van der Waals surface area contributed by atoms with Crippen LogP contribution in [0.15, 0.2) is 18.3 Å². The minimum atomic E-state index is -0.0211. The van der Waals surface area contributed by atoms with Crippen molar-refractivity contribution >= 4 is 17.5 Å². The Balaban J connectivity index is 2.14. The SMILES string of the molecule is N[C@H]1CCN(C(=O)c2ccnc(Cl)c2)C1. The van der Waals surface area contributed by atoms with Crippen LogP contribution in [0.4, 0.5) is 0 Å². The molecule has 1 saturated heterocycles. The highest BCUT2D eigenvalue weighted by molar-refractivity contribution is 6.29. The van der Waals surface area contributed by atoms with Crippen LogP contribution in [0.2, 0.25) is 5.15 Å². The van der Waals surface area contributed by atoms with Crippen LogP contribution in [-0.4, -0.2) is 34.9 Å². The van der Waals surface area contributed by atoms with Gasteiger partial charge in [0, 0.05) is 30.9 Å². The number of likely N-dealkylation sites (tertiary alicyclic amines) is 1. The van der Waals surface area contributed by atoms with Crippen molar-refractivity contribution in [2.24, 2.45) is 5.73 Å². The van der Waals surface area contributed by atoms with Crippen LogP contribution in [0.3, 0.4) is 0 Å². The standard InChI is InChI=1S/C10H12ClN3O/c11-9-5-7(1-3-13-9)10(15)14-4-2-8(12)6-14/h1,3,5,8H,2,4,6,12H2/t8-/m0/s1. The number of hydrogen-bond donors (Lipinski definition) is 1. The second-order valence-electron chi connectivity index (χ2n) is 3.67. The molecule has 0 aromatic carbocycles. The number of carbonyl (C=O) groups is 1. The van der Waals surface area contributed by atoms with E-state index in [-0.39, 0.29) is 11.9 Å². The first-order valence-electron chi connectivity index (χ1n) is 4.83. The molecule has 0 unspecified atom stereocenters. The lowest BCUT2D eigenvalue weighted by molar-refractivity contribution is 0.0791. The summed E-state index contributed by atoms with van der Waals surface area (Å²) in [7, 11) is 0. The maximum Gasteiger partial charge on any atom is 0.254 e. The lowest BCUT2D eigenvalue weighted by atomic mass is 10.2. The van der Waals surface area contributed by atoms with E-state index in [1.54, 1.807) is 17.0 Å². The van der Waals surface area contributed by atoms with E-state index in [4.69, 9.17) is 17.3 Å². The molecule has 4 nitrogen and oxygen atoms in total. The van der Waals surface area contributed by atoms with Crippen molar-refractivity contribution in [3.05, 3.63) is 29.0 Å². The number of aromatic nitrogens is 1. The molecular formula is C10H12ClN3O. The molecule has 1 amide bonds. The number of carbonyl (C=O) groups excluding carboxylic acids is 1. The topological polar surface area (TPSA) is 59.2 Å². The highest BCUT2D eigenvalue weighted by Gasteiger charge is 2.24. The van der Waals surface area contributed by atoms with Crippen molar-refractivity contribution in [2.45, 2.75) is 12.5 Å². The second kappa shape index (κ2) is 4.16. The quantitative estimate of drug-likeness (QED) is 0.723. The fraction of sp³-hybridized carbons (Fsp3) is 0.400. The number of nitrogens with two attached hydrogens (primary N) is 1. The van der Waals surface area contributed by atoms with Gasteiger partial charge < -0.3 is 10.6 Å². The van der Waals surface area contributed by atoms with E-state index in [0.29, 0.717) is 17.3 Å². The van der Waals surface area contributed by atoms with Crippen LogP contribution in [-0.2, 0) is 0 Å². The van der Waals surface area contributed by atoms with Crippen molar-refractivity contribution in [1.29, 1.82) is 0 Å². The fourth-order valence-electron chi connectivity index (χ4n) is 1.69. The van der Waals surface area contributed by atoms with E-state index in [1.165, 1.54) is 6.20 Å². The molecule has 0 radical (unpaired) electrons. The monoisotopic (exact) mass is 225 g/mol. The van der Waals surface area contributed by atoms with Crippen molar-refractivity contribution in [1.82, 2.24) is 9.88 Å². The Bertz CT molecular complexity index is 383. The summed E-state index contributed by atoms with van der Waals surface area (Å²) in [4.78, 5) is 17.5. The molecule has 15 heavy (non-hydrogen) atoms. The molecule has 0 spiro atoms. The predicted octanol–water partition coefficient (Wildman–Crippen LogP) is 0.908. The average Bonchev–Trinajstić information content (AvgIpc) is 2.64. The van der Waals surface area contributed by atoms with Gasteiger partial charge in [-0.3, -0.25) is 4.79 Å². The van der Waals surface area contributed by atoms with E-state index in [1.807, 2.05) is 0 Å². The van der Waals surface area contributed by atoms with Crippen LogP contribution in [0.25, 0.3) is 0 Å². The zero-order valence-corrected chi connectivity index (χ0v) is 8.94. The third-order valence-electron chi connectivity index (χ3n) is 2.49. The average molecular weight is 226 g/mol. The summed E-state index contributed by atoms with van der Waals surface area (Å²) < 4.78 is 0. The maximum absolute atomic E-state index is 11.9. The third kappa shape index (κ3) is 2.27. The number of amides is 1. The van der Waals surface area contributed by atoms with Gasteiger partial charge in [0.2, 0.25) is 0 Å². The summed E-state index contributed by atoms with van der Waals surface area (Å²) in [6.07, 6.45) is 2.40. The van der Waals surface area contributed by atoms with Crippen molar-refractivity contribution in [3.8, 4) is 0 Å². The summed E-state index contributed by atoms with van der Waals surface area (Å²) in [5.74, 6) is -0.0211.